The molecule has 1 aliphatic heterocycles. The first-order valence-electron chi connectivity index (χ1n) is 7.68. The van der Waals surface area contributed by atoms with E-state index in [1.807, 2.05) is 0 Å². The molecular formula is C15H27N5. The summed E-state index contributed by atoms with van der Waals surface area (Å²) in [4.78, 5) is 13.6. The molecule has 1 N–H and O–H groups in total. The van der Waals surface area contributed by atoms with E-state index in [0.717, 1.165) is 36.8 Å². The van der Waals surface area contributed by atoms with Gasteiger partial charge in [0.2, 0.25) is 0 Å². The van der Waals surface area contributed by atoms with Crippen molar-refractivity contribution in [2.24, 2.45) is 0 Å². The molecular weight excluding hydrogens is 250 g/mol. The Morgan fingerprint density at radius 3 is 2.90 bits per heavy atom. The van der Waals surface area contributed by atoms with E-state index in [9.17, 15) is 0 Å². The van der Waals surface area contributed by atoms with Crippen LogP contribution in [-0.2, 0) is 0 Å². The Kier molecular flexibility index (Phi) is 5.17. The van der Waals surface area contributed by atoms with Gasteiger partial charge in [0.05, 0.1) is 0 Å². The fourth-order valence-corrected chi connectivity index (χ4v) is 3.09. The molecule has 5 heteroatoms. The number of hydrogen-bond acceptors (Lipinski definition) is 5. The third-order valence-corrected chi connectivity index (χ3v) is 4.15. The first-order chi connectivity index (χ1) is 9.67. The molecule has 5 nitrogen and oxygen atoms in total. The van der Waals surface area contributed by atoms with E-state index in [1.54, 1.807) is 6.33 Å². The van der Waals surface area contributed by atoms with Crippen LogP contribution in [0.25, 0.3) is 0 Å². The summed E-state index contributed by atoms with van der Waals surface area (Å²) in [7, 11) is 2.14. The summed E-state index contributed by atoms with van der Waals surface area (Å²) in [6, 6.07) is 0.655. The Balaban J connectivity index is 2.09. The maximum atomic E-state index is 4.47. The first kappa shape index (κ1) is 15.0. The predicted octanol–water partition coefficient (Wildman–Crippen LogP) is 2.14. The smallest absolute Gasteiger partial charge is 0.136 e. The van der Waals surface area contributed by atoms with Crippen molar-refractivity contribution in [3.63, 3.8) is 0 Å². The number of anilines is 2. The Morgan fingerprint density at radius 1 is 1.40 bits per heavy atom. The summed E-state index contributed by atoms with van der Waals surface area (Å²) in [5, 5.41) is 3.30. The molecule has 0 amide bonds. The zero-order valence-corrected chi connectivity index (χ0v) is 13.2. The van der Waals surface area contributed by atoms with Gasteiger partial charge in [0.25, 0.3) is 0 Å². The molecule has 0 aliphatic carbocycles. The number of nitrogens with one attached hydrogen (secondary N) is 1. The SMILES string of the molecule is CCNc1ncnc(N(C)CC2CCCN2CC)c1C. The summed E-state index contributed by atoms with van der Waals surface area (Å²) in [6.07, 6.45) is 4.27. The molecule has 0 saturated carbocycles. The van der Waals surface area contributed by atoms with Crippen molar-refractivity contribution in [2.75, 3.05) is 43.4 Å². The molecule has 1 aliphatic rings. The average Bonchev–Trinajstić information content (AvgIpc) is 2.88. The predicted molar refractivity (Wildman–Crippen MR) is 84.5 cm³/mol. The van der Waals surface area contributed by atoms with Crippen molar-refractivity contribution in [3.05, 3.63) is 11.9 Å². The van der Waals surface area contributed by atoms with Crippen LogP contribution in [0.4, 0.5) is 11.6 Å². The van der Waals surface area contributed by atoms with E-state index < -0.39 is 0 Å². The summed E-state index contributed by atoms with van der Waals surface area (Å²) in [5.41, 5.74) is 1.14. The molecule has 1 fully saturated rings. The fourth-order valence-electron chi connectivity index (χ4n) is 3.09. The quantitative estimate of drug-likeness (QED) is 0.863. The van der Waals surface area contributed by atoms with Crippen molar-refractivity contribution in [1.29, 1.82) is 0 Å². The van der Waals surface area contributed by atoms with Gasteiger partial charge in [-0.15, -0.1) is 0 Å². The van der Waals surface area contributed by atoms with Gasteiger partial charge in [0.1, 0.15) is 18.0 Å². The normalized spacial score (nSPS) is 19.3. The maximum Gasteiger partial charge on any atom is 0.136 e. The van der Waals surface area contributed by atoms with E-state index in [1.165, 1.54) is 19.4 Å². The molecule has 20 heavy (non-hydrogen) atoms. The lowest BCUT2D eigenvalue weighted by Gasteiger charge is -2.29. The third-order valence-electron chi connectivity index (χ3n) is 4.15. The van der Waals surface area contributed by atoms with Gasteiger partial charge in [-0.25, -0.2) is 9.97 Å². The molecule has 112 valence electrons. The van der Waals surface area contributed by atoms with Crippen molar-refractivity contribution < 1.29 is 0 Å². The Bertz CT molecular complexity index is 434. The molecule has 1 atom stereocenters. The summed E-state index contributed by atoms with van der Waals surface area (Å²) in [6.45, 7) is 10.7. The lowest BCUT2D eigenvalue weighted by atomic mass is 10.2. The number of likely N-dealkylation sites (tertiary alicyclic amines) is 1. The highest BCUT2D eigenvalue weighted by atomic mass is 15.2. The van der Waals surface area contributed by atoms with Crippen molar-refractivity contribution in [3.8, 4) is 0 Å². The highest BCUT2D eigenvalue weighted by Gasteiger charge is 2.25. The number of aromatic nitrogens is 2. The fraction of sp³-hybridized carbons (Fsp3) is 0.733. The molecule has 2 heterocycles. The van der Waals surface area contributed by atoms with Crippen molar-refractivity contribution in [1.82, 2.24) is 14.9 Å². The van der Waals surface area contributed by atoms with Crippen LogP contribution in [-0.4, -0.2) is 54.1 Å². The van der Waals surface area contributed by atoms with E-state index in [2.05, 4.69) is 52.9 Å². The summed E-state index contributed by atoms with van der Waals surface area (Å²) in [5.74, 6) is 1.99. The Hall–Kier alpha value is -1.36. The van der Waals surface area contributed by atoms with Gasteiger partial charge in [0.15, 0.2) is 0 Å². The second kappa shape index (κ2) is 6.88. The van der Waals surface area contributed by atoms with E-state index in [0.29, 0.717) is 6.04 Å². The second-order valence-electron chi connectivity index (χ2n) is 5.51. The van der Waals surface area contributed by atoms with Gasteiger partial charge in [-0.2, -0.15) is 0 Å². The Morgan fingerprint density at radius 2 is 2.20 bits per heavy atom. The molecule has 1 aromatic heterocycles. The molecule has 0 bridgehead atoms. The first-order valence-corrected chi connectivity index (χ1v) is 7.68. The Labute approximate surface area is 122 Å². The topological polar surface area (TPSA) is 44.3 Å². The van der Waals surface area contributed by atoms with Gasteiger partial charge in [-0.05, 0) is 39.8 Å². The van der Waals surface area contributed by atoms with Crippen LogP contribution < -0.4 is 10.2 Å². The minimum Gasteiger partial charge on any atom is -0.370 e. The number of nitrogens with zero attached hydrogens (tertiary/aromatic N) is 4. The van der Waals surface area contributed by atoms with Gasteiger partial charge in [0, 0.05) is 31.7 Å². The standard InChI is InChI=1S/C15H27N5/c1-5-16-14-12(3)15(18-11-17-14)19(4)10-13-8-7-9-20(13)6-2/h11,13H,5-10H2,1-4H3,(H,16,17,18). The summed E-state index contributed by atoms with van der Waals surface area (Å²) >= 11 is 0. The third kappa shape index (κ3) is 3.20. The largest absolute Gasteiger partial charge is 0.370 e. The lowest BCUT2D eigenvalue weighted by molar-refractivity contribution is 0.270. The van der Waals surface area contributed by atoms with Crippen LogP contribution >= 0.6 is 0 Å². The zero-order chi connectivity index (χ0) is 14.5. The van der Waals surface area contributed by atoms with Gasteiger partial charge in [-0.3, -0.25) is 4.90 Å². The molecule has 1 aromatic rings. The monoisotopic (exact) mass is 277 g/mol. The van der Waals surface area contributed by atoms with Crippen LogP contribution in [0.3, 0.4) is 0 Å². The highest BCUT2D eigenvalue weighted by Crippen LogP contribution is 2.24. The van der Waals surface area contributed by atoms with Crippen LogP contribution in [0, 0.1) is 6.92 Å². The molecule has 1 unspecified atom stereocenters. The van der Waals surface area contributed by atoms with E-state index in [4.69, 9.17) is 0 Å². The second-order valence-corrected chi connectivity index (χ2v) is 5.51. The van der Waals surface area contributed by atoms with E-state index >= 15 is 0 Å². The van der Waals surface area contributed by atoms with Crippen LogP contribution in [0.5, 0.6) is 0 Å². The lowest BCUT2D eigenvalue weighted by Crippen LogP contribution is -2.39. The number of hydrogen-bond donors (Lipinski definition) is 1. The van der Waals surface area contributed by atoms with Crippen molar-refractivity contribution >= 4 is 11.6 Å². The molecule has 0 spiro atoms. The van der Waals surface area contributed by atoms with Crippen LogP contribution in [0.1, 0.15) is 32.3 Å². The van der Waals surface area contributed by atoms with Gasteiger partial charge < -0.3 is 10.2 Å². The minimum atomic E-state index is 0.655. The molecule has 0 radical (unpaired) electrons. The minimum absolute atomic E-state index is 0.655. The zero-order valence-electron chi connectivity index (χ0n) is 13.2. The number of likely N-dealkylation sites (N-methyl/N-ethyl adjacent to an activating group) is 2. The average molecular weight is 277 g/mol. The number of rotatable bonds is 6. The van der Waals surface area contributed by atoms with E-state index in [-0.39, 0.29) is 0 Å². The van der Waals surface area contributed by atoms with Crippen LogP contribution in [0.15, 0.2) is 6.33 Å². The molecule has 1 saturated heterocycles. The van der Waals surface area contributed by atoms with Crippen molar-refractivity contribution in [2.45, 2.75) is 39.7 Å². The molecule has 2 rings (SSSR count). The van der Waals surface area contributed by atoms with Gasteiger partial charge >= 0.3 is 0 Å². The summed E-state index contributed by atoms with van der Waals surface area (Å²) < 4.78 is 0. The maximum absolute atomic E-state index is 4.47. The molecule has 0 aromatic carbocycles. The van der Waals surface area contributed by atoms with Gasteiger partial charge in [-0.1, -0.05) is 6.92 Å². The highest BCUT2D eigenvalue weighted by molar-refractivity contribution is 5.57. The van der Waals surface area contributed by atoms with Crippen LogP contribution in [0.2, 0.25) is 0 Å².